The number of hydrogen-bond donors (Lipinski definition) is 1. The summed E-state index contributed by atoms with van der Waals surface area (Å²) in [6.45, 7) is 3.45. The highest BCUT2D eigenvalue weighted by atomic mass is 32.1. The third kappa shape index (κ3) is 1.58. The number of aryl methyl sites for hydroxylation is 2. The molecule has 108 valence electrons. The quantitative estimate of drug-likeness (QED) is 0.693. The van der Waals surface area contributed by atoms with Crippen molar-refractivity contribution in [1.82, 2.24) is 15.0 Å². The Balaban J connectivity index is 1.76. The molecule has 0 atom stereocenters. The molecule has 0 unspecified atom stereocenters. The molecule has 3 aromatic rings. The number of aromatic nitrogens is 3. The Labute approximate surface area is 125 Å². The summed E-state index contributed by atoms with van der Waals surface area (Å²) < 4.78 is 11.7. The van der Waals surface area contributed by atoms with Crippen molar-refractivity contribution < 1.29 is 9.47 Å². The Hall–Kier alpha value is -1.50. The highest BCUT2D eigenvalue weighted by Crippen LogP contribution is 2.43. The molecule has 0 amide bonds. The smallest absolute Gasteiger partial charge is 0.173 e. The van der Waals surface area contributed by atoms with Crippen molar-refractivity contribution in [3.05, 3.63) is 22.5 Å². The minimum Gasteiger partial charge on any atom is -0.347 e. The summed E-state index contributed by atoms with van der Waals surface area (Å²) >= 11 is 1.77. The number of pyridine rings is 1. The second-order valence-corrected chi connectivity index (χ2v) is 6.88. The van der Waals surface area contributed by atoms with Gasteiger partial charge in [0.05, 0.1) is 30.8 Å². The van der Waals surface area contributed by atoms with Crippen LogP contribution in [-0.4, -0.2) is 34.0 Å². The number of H-pyrrole nitrogens is 1. The fourth-order valence-electron chi connectivity index (χ4n) is 3.59. The lowest BCUT2D eigenvalue weighted by molar-refractivity contribution is -0.163. The van der Waals surface area contributed by atoms with Crippen LogP contribution >= 0.6 is 11.3 Å². The Kier molecular flexibility index (Phi) is 2.32. The van der Waals surface area contributed by atoms with E-state index >= 15 is 0 Å². The minimum absolute atomic E-state index is 0.381. The third-order valence-electron chi connectivity index (χ3n) is 4.58. The first-order chi connectivity index (χ1) is 10.3. The van der Waals surface area contributed by atoms with E-state index < -0.39 is 0 Å². The Morgan fingerprint density at radius 1 is 1.33 bits per heavy atom. The molecule has 5 nitrogen and oxygen atoms in total. The average Bonchev–Trinajstić information content (AvgIpc) is 3.16. The number of hydrogen-bond acceptors (Lipinski definition) is 5. The molecule has 0 bridgehead atoms. The topological polar surface area (TPSA) is 60.0 Å². The molecule has 21 heavy (non-hydrogen) atoms. The number of fused-ring (bicyclic) bond motifs is 5. The number of aromatic amines is 1. The van der Waals surface area contributed by atoms with Gasteiger partial charge in [-0.3, -0.25) is 0 Å². The van der Waals surface area contributed by atoms with Gasteiger partial charge in [0.1, 0.15) is 10.3 Å². The van der Waals surface area contributed by atoms with E-state index in [1.54, 1.807) is 17.7 Å². The number of nitrogens with zero attached hydrogens (tertiary/aromatic N) is 2. The van der Waals surface area contributed by atoms with Gasteiger partial charge in [-0.2, -0.15) is 0 Å². The van der Waals surface area contributed by atoms with E-state index in [1.807, 2.05) is 6.92 Å². The zero-order chi connectivity index (χ0) is 14.0. The molecule has 2 aliphatic rings. The zero-order valence-electron chi connectivity index (χ0n) is 11.7. The van der Waals surface area contributed by atoms with E-state index in [4.69, 9.17) is 14.5 Å². The molecule has 1 spiro atoms. The Morgan fingerprint density at radius 2 is 2.19 bits per heavy atom. The lowest BCUT2D eigenvalue weighted by Gasteiger charge is -2.31. The van der Waals surface area contributed by atoms with Crippen LogP contribution in [0.25, 0.3) is 21.3 Å². The zero-order valence-corrected chi connectivity index (χ0v) is 12.5. The average molecular weight is 301 g/mol. The number of nitrogens with one attached hydrogen (secondary N) is 1. The summed E-state index contributed by atoms with van der Waals surface area (Å²) in [6, 6.07) is 0. The SMILES string of the molecule is Cc1nc2sc3c(c2c2nc[nH]c12)CCC1(C3)OCCO1. The van der Waals surface area contributed by atoms with Crippen LogP contribution in [0, 0.1) is 6.92 Å². The molecule has 1 aliphatic heterocycles. The monoisotopic (exact) mass is 301 g/mol. The first-order valence-electron chi connectivity index (χ1n) is 7.28. The fraction of sp³-hybridized carbons (Fsp3) is 0.467. The van der Waals surface area contributed by atoms with Gasteiger partial charge in [0.15, 0.2) is 5.79 Å². The number of imidazole rings is 1. The molecule has 1 fully saturated rings. The van der Waals surface area contributed by atoms with Gasteiger partial charge in [-0.15, -0.1) is 11.3 Å². The van der Waals surface area contributed by atoms with Crippen LogP contribution in [0.5, 0.6) is 0 Å². The summed E-state index contributed by atoms with van der Waals surface area (Å²) in [4.78, 5) is 14.9. The summed E-state index contributed by atoms with van der Waals surface area (Å²) in [5.41, 5.74) is 4.51. The number of rotatable bonds is 0. The van der Waals surface area contributed by atoms with Crippen molar-refractivity contribution in [2.45, 2.75) is 32.0 Å². The number of thiophene rings is 1. The molecule has 1 aliphatic carbocycles. The molecular weight excluding hydrogens is 286 g/mol. The molecule has 1 N–H and O–H groups in total. The van der Waals surface area contributed by atoms with Crippen molar-refractivity contribution in [1.29, 1.82) is 0 Å². The van der Waals surface area contributed by atoms with E-state index in [0.717, 1.165) is 40.8 Å². The van der Waals surface area contributed by atoms with Crippen molar-refractivity contribution >= 4 is 32.6 Å². The van der Waals surface area contributed by atoms with Gasteiger partial charge in [0.25, 0.3) is 0 Å². The Bertz CT molecular complexity index is 861. The maximum absolute atomic E-state index is 5.87. The maximum atomic E-state index is 5.87. The molecule has 6 heteroatoms. The molecule has 5 rings (SSSR count). The third-order valence-corrected chi connectivity index (χ3v) is 5.70. The van der Waals surface area contributed by atoms with Crippen LogP contribution in [0.2, 0.25) is 0 Å². The van der Waals surface area contributed by atoms with Crippen LogP contribution < -0.4 is 0 Å². The maximum Gasteiger partial charge on any atom is 0.173 e. The van der Waals surface area contributed by atoms with Crippen molar-refractivity contribution in [2.75, 3.05) is 13.2 Å². The van der Waals surface area contributed by atoms with Gasteiger partial charge >= 0.3 is 0 Å². The van der Waals surface area contributed by atoms with Gasteiger partial charge in [0, 0.05) is 23.1 Å². The fourth-order valence-corrected chi connectivity index (χ4v) is 4.94. The lowest BCUT2D eigenvalue weighted by Crippen LogP contribution is -2.36. The normalized spacial score (nSPS) is 20.6. The first-order valence-corrected chi connectivity index (χ1v) is 8.09. The van der Waals surface area contributed by atoms with Gasteiger partial charge in [0.2, 0.25) is 0 Å². The molecule has 4 heterocycles. The highest BCUT2D eigenvalue weighted by Gasteiger charge is 2.41. The van der Waals surface area contributed by atoms with Crippen LogP contribution in [0.15, 0.2) is 6.33 Å². The van der Waals surface area contributed by atoms with E-state index in [1.165, 1.54) is 15.8 Å². The van der Waals surface area contributed by atoms with Crippen LogP contribution in [0.3, 0.4) is 0 Å². The summed E-state index contributed by atoms with van der Waals surface area (Å²) in [7, 11) is 0. The second kappa shape index (κ2) is 4.03. The van der Waals surface area contributed by atoms with Crippen molar-refractivity contribution in [2.24, 2.45) is 0 Å². The molecular formula is C15H15N3O2S. The molecule has 0 aromatic carbocycles. The van der Waals surface area contributed by atoms with Crippen molar-refractivity contribution in [3.8, 4) is 0 Å². The first kappa shape index (κ1) is 12.1. The van der Waals surface area contributed by atoms with Crippen LogP contribution in [0.1, 0.15) is 22.6 Å². The van der Waals surface area contributed by atoms with E-state index in [2.05, 4.69) is 9.97 Å². The van der Waals surface area contributed by atoms with E-state index in [-0.39, 0.29) is 5.79 Å². The molecule has 1 saturated heterocycles. The summed E-state index contributed by atoms with van der Waals surface area (Å²) in [5, 5.41) is 1.23. The molecule has 0 radical (unpaired) electrons. The van der Waals surface area contributed by atoms with Crippen LogP contribution in [0.4, 0.5) is 0 Å². The van der Waals surface area contributed by atoms with Crippen LogP contribution in [-0.2, 0) is 22.3 Å². The van der Waals surface area contributed by atoms with Gasteiger partial charge in [-0.05, 0) is 18.9 Å². The molecule has 0 saturated carbocycles. The lowest BCUT2D eigenvalue weighted by atomic mass is 9.91. The second-order valence-electron chi connectivity index (χ2n) is 5.79. The predicted molar refractivity (Wildman–Crippen MR) is 80.7 cm³/mol. The summed E-state index contributed by atoms with van der Waals surface area (Å²) in [6.07, 6.45) is 4.50. The van der Waals surface area contributed by atoms with Gasteiger partial charge in [-0.25, -0.2) is 9.97 Å². The predicted octanol–water partition coefficient (Wildman–Crippen LogP) is 2.71. The largest absolute Gasteiger partial charge is 0.347 e. The standard InChI is InChI=1S/C15H15N3O2S/c1-8-12-13(17-7-16-12)11-9-2-3-15(19-4-5-20-15)6-10(9)21-14(11)18-8/h7H,2-6H2,1H3,(H,16,17). The van der Waals surface area contributed by atoms with Gasteiger partial charge in [-0.1, -0.05) is 0 Å². The summed E-state index contributed by atoms with van der Waals surface area (Å²) in [5.74, 6) is -0.381. The van der Waals surface area contributed by atoms with E-state index in [0.29, 0.717) is 13.2 Å². The minimum atomic E-state index is -0.381. The van der Waals surface area contributed by atoms with Crippen molar-refractivity contribution in [3.63, 3.8) is 0 Å². The van der Waals surface area contributed by atoms with E-state index in [9.17, 15) is 0 Å². The number of ether oxygens (including phenoxy) is 2. The highest BCUT2D eigenvalue weighted by molar-refractivity contribution is 7.19. The van der Waals surface area contributed by atoms with Gasteiger partial charge < -0.3 is 14.5 Å². The Morgan fingerprint density at radius 3 is 3.05 bits per heavy atom. The molecule has 3 aromatic heterocycles.